The van der Waals surface area contributed by atoms with Crippen molar-refractivity contribution >= 4 is 23.6 Å². The number of ether oxygens (including phenoxy) is 1. The van der Waals surface area contributed by atoms with Gasteiger partial charge in [0.05, 0.1) is 18.4 Å². The normalized spacial score (nSPS) is 10.6. The van der Waals surface area contributed by atoms with Crippen LogP contribution in [-0.2, 0) is 0 Å². The number of hydrogen-bond acceptors (Lipinski definition) is 5. The van der Waals surface area contributed by atoms with E-state index in [2.05, 4.69) is 16.2 Å². The third kappa shape index (κ3) is 4.24. The number of benzene rings is 1. The van der Waals surface area contributed by atoms with Crippen molar-refractivity contribution in [3.05, 3.63) is 52.2 Å². The molecule has 0 atom stereocenters. The Labute approximate surface area is 147 Å². The highest BCUT2D eigenvalue weighted by atomic mass is 35.5. The zero-order valence-corrected chi connectivity index (χ0v) is 14.7. The van der Waals surface area contributed by atoms with Gasteiger partial charge in [0.15, 0.2) is 5.82 Å². The van der Waals surface area contributed by atoms with Crippen LogP contribution in [0.5, 0.6) is 5.75 Å². The van der Waals surface area contributed by atoms with Crippen molar-refractivity contribution < 1.29 is 4.74 Å². The zero-order valence-electron chi connectivity index (χ0n) is 14.0. The minimum Gasteiger partial charge on any atom is -0.494 e. The molecular formula is C18H19ClN4O. The summed E-state index contributed by atoms with van der Waals surface area (Å²) in [4.78, 5) is 4.26. The Hall–Kier alpha value is -2.58. The topological polar surface area (TPSA) is 61.5 Å². The number of aryl methyl sites for hydroxylation is 1. The largest absolute Gasteiger partial charge is 0.494 e. The van der Waals surface area contributed by atoms with E-state index < -0.39 is 0 Å². The summed E-state index contributed by atoms with van der Waals surface area (Å²) in [6.07, 6.45) is 1.72. The summed E-state index contributed by atoms with van der Waals surface area (Å²) in [5.41, 5.74) is 2.18. The molecule has 24 heavy (non-hydrogen) atoms. The van der Waals surface area contributed by atoms with Crippen LogP contribution in [0.3, 0.4) is 0 Å². The maximum atomic E-state index is 9.38. The number of anilines is 1. The standard InChI is InChI=1S/C18H19ClN4O/c1-4-23(18-16(11-20)13(3)10-17(19)22-18)21-12-14-6-8-15(9-7-14)24-5-2/h6-10,12H,4-5H2,1-3H3/b21-12+. The van der Waals surface area contributed by atoms with Gasteiger partial charge in [-0.15, -0.1) is 0 Å². The van der Waals surface area contributed by atoms with Gasteiger partial charge in [-0.05, 0) is 62.2 Å². The van der Waals surface area contributed by atoms with Gasteiger partial charge >= 0.3 is 0 Å². The van der Waals surface area contributed by atoms with E-state index in [0.717, 1.165) is 16.9 Å². The summed E-state index contributed by atoms with van der Waals surface area (Å²) in [5, 5.41) is 15.8. The fraction of sp³-hybridized carbons (Fsp3) is 0.278. The minimum atomic E-state index is 0.344. The molecule has 0 bridgehead atoms. The molecule has 0 saturated carbocycles. The molecule has 0 spiro atoms. The first kappa shape index (κ1) is 17.8. The molecule has 5 nitrogen and oxygen atoms in total. The highest BCUT2D eigenvalue weighted by Crippen LogP contribution is 2.24. The van der Waals surface area contributed by atoms with Crippen LogP contribution in [0.2, 0.25) is 5.15 Å². The molecule has 0 saturated heterocycles. The second-order valence-corrected chi connectivity index (χ2v) is 5.42. The quantitative estimate of drug-likeness (QED) is 0.449. The Morgan fingerprint density at radius 2 is 2.04 bits per heavy atom. The van der Waals surface area contributed by atoms with E-state index >= 15 is 0 Å². The predicted molar refractivity (Wildman–Crippen MR) is 96.9 cm³/mol. The van der Waals surface area contributed by atoms with Gasteiger partial charge in [-0.2, -0.15) is 10.4 Å². The summed E-state index contributed by atoms with van der Waals surface area (Å²) in [5.74, 6) is 1.29. The summed E-state index contributed by atoms with van der Waals surface area (Å²) < 4.78 is 5.42. The van der Waals surface area contributed by atoms with E-state index in [0.29, 0.717) is 29.7 Å². The zero-order chi connectivity index (χ0) is 17.5. The average Bonchev–Trinajstić information content (AvgIpc) is 2.57. The van der Waals surface area contributed by atoms with E-state index in [1.54, 1.807) is 17.3 Å². The highest BCUT2D eigenvalue weighted by molar-refractivity contribution is 6.29. The van der Waals surface area contributed by atoms with Gasteiger partial charge in [0.1, 0.15) is 17.0 Å². The summed E-state index contributed by atoms with van der Waals surface area (Å²) in [6.45, 7) is 6.91. The van der Waals surface area contributed by atoms with Crippen LogP contribution in [0.1, 0.15) is 30.5 Å². The van der Waals surface area contributed by atoms with Crippen LogP contribution in [0.25, 0.3) is 0 Å². The molecule has 2 rings (SSSR count). The second-order valence-electron chi connectivity index (χ2n) is 5.03. The molecular weight excluding hydrogens is 324 g/mol. The SMILES string of the molecule is CCOc1ccc(/C=N/N(CC)c2nc(Cl)cc(C)c2C#N)cc1. The maximum absolute atomic E-state index is 9.38. The molecule has 0 aliphatic heterocycles. The molecule has 0 aliphatic carbocycles. The Morgan fingerprint density at radius 1 is 1.33 bits per heavy atom. The molecule has 1 aromatic heterocycles. The first-order valence-corrected chi connectivity index (χ1v) is 8.08. The smallest absolute Gasteiger partial charge is 0.168 e. The molecule has 0 N–H and O–H groups in total. The second kappa shape index (κ2) is 8.32. The Morgan fingerprint density at radius 3 is 2.62 bits per heavy atom. The molecule has 1 heterocycles. The third-order valence-electron chi connectivity index (χ3n) is 3.36. The number of hydrazone groups is 1. The van der Waals surface area contributed by atoms with Gasteiger partial charge in [-0.3, -0.25) is 0 Å². The van der Waals surface area contributed by atoms with Crippen molar-refractivity contribution in [3.8, 4) is 11.8 Å². The number of halogens is 1. The van der Waals surface area contributed by atoms with Gasteiger partial charge in [-0.1, -0.05) is 11.6 Å². The molecule has 124 valence electrons. The summed E-state index contributed by atoms with van der Waals surface area (Å²) >= 11 is 6.03. The maximum Gasteiger partial charge on any atom is 0.168 e. The molecule has 0 fully saturated rings. The van der Waals surface area contributed by atoms with Gasteiger partial charge in [-0.25, -0.2) is 9.99 Å². The lowest BCUT2D eigenvalue weighted by molar-refractivity contribution is 0.340. The van der Waals surface area contributed by atoms with Crippen molar-refractivity contribution in [3.63, 3.8) is 0 Å². The number of aromatic nitrogens is 1. The molecule has 1 aromatic carbocycles. The number of hydrogen-bond donors (Lipinski definition) is 0. The number of pyridine rings is 1. The van der Waals surface area contributed by atoms with E-state index in [9.17, 15) is 5.26 Å². The lowest BCUT2D eigenvalue weighted by Crippen LogP contribution is -2.19. The predicted octanol–water partition coefficient (Wildman–Crippen LogP) is 4.17. The van der Waals surface area contributed by atoms with Gasteiger partial charge in [0.2, 0.25) is 0 Å². The fourth-order valence-corrected chi connectivity index (χ4v) is 2.42. The van der Waals surface area contributed by atoms with Crippen molar-refractivity contribution in [2.45, 2.75) is 20.8 Å². The van der Waals surface area contributed by atoms with Crippen molar-refractivity contribution in [1.29, 1.82) is 5.26 Å². The van der Waals surface area contributed by atoms with Crippen molar-refractivity contribution in [1.82, 2.24) is 4.98 Å². The molecule has 0 radical (unpaired) electrons. The molecule has 2 aromatic rings. The first-order valence-electron chi connectivity index (χ1n) is 7.70. The molecule has 0 unspecified atom stereocenters. The monoisotopic (exact) mass is 342 g/mol. The molecule has 6 heteroatoms. The Kier molecular flexibility index (Phi) is 6.16. The van der Waals surface area contributed by atoms with Crippen LogP contribution in [0.4, 0.5) is 5.82 Å². The van der Waals surface area contributed by atoms with Crippen LogP contribution in [0.15, 0.2) is 35.4 Å². The lowest BCUT2D eigenvalue weighted by atomic mass is 10.1. The number of rotatable bonds is 6. The molecule has 0 aliphatic rings. The lowest BCUT2D eigenvalue weighted by Gasteiger charge is -2.18. The van der Waals surface area contributed by atoms with Crippen LogP contribution in [-0.4, -0.2) is 24.4 Å². The first-order chi connectivity index (χ1) is 11.6. The Bertz CT molecular complexity index is 766. The third-order valence-corrected chi connectivity index (χ3v) is 3.55. The average molecular weight is 343 g/mol. The summed E-state index contributed by atoms with van der Waals surface area (Å²) in [6, 6.07) is 11.5. The number of nitrogens with zero attached hydrogens (tertiary/aromatic N) is 4. The Balaban J connectivity index is 2.28. The minimum absolute atomic E-state index is 0.344. The van der Waals surface area contributed by atoms with Crippen molar-refractivity contribution in [2.75, 3.05) is 18.2 Å². The highest BCUT2D eigenvalue weighted by Gasteiger charge is 2.14. The number of nitriles is 1. The van der Waals surface area contributed by atoms with Crippen molar-refractivity contribution in [2.24, 2.45) is 5.10 Å². The molecule has 0 amide bonds. The van der Waals surface area contributed by atoms with E-state index in [-0.39, 0.29) is 0 Å². The van der Waals surface area contributed by atoms with Crippen LogP contribution >= 0.6 is 11.6 Å². The summed E-state index contributed by atoms with van der Waals surface area (Å²) in [7, 11) is 0. The van der Waals surface area contributed by atoms with Crippen LogP contribution < -0.4 is 9.75 Å². The fourth-order valence-electron chi connectivity index (χ4n) is 2.18. The van der Waals surface area contributed by atoms with Crippen LogP contribution in [0, 0.1) is 18.3 Å². The van der Waals surface area contributed by atoms with Gasteiger partial charge in [0.25, 0.3) is 0 Å². The van der Waals surface area contributed by atoms with E-state index in [1.165, 1.54) is 0 Å². The van der Waals surface area contributed by atoms with E-state index in [1.807, 2.05) is 45.0 Å². The van der Waals surface area contributed by atoms with E-state index in [4.69, 9.17) is 16.3 Å². The van der Waals surface area contributed by atoms with Gasteiger partial charge < -0.3 is 4.74 Å². The van der Waals surface area contributed by atoms with Gasteiger partial charge in [0, 0.05) is 6.54 Å².